The molecule has 6 rings (SSSR count). The van der Waals surface area contributed by atoms with Gasteiger partial charge in [-0.1, -0.05) is 66.7 Å². The molecule has 3 nitrogen and oxygen atoms in total. The Bertz CT molecular complexity index is 1260. The summed E-state index contributed by atoms with van der Waals surface area (Å²) in [6, 6.07) is 37.8. The van der Waals surface area contributed by atoms with Gasteiger partial charge in [0.05, 0.1) is 18.7 Å². The van der Waals surface area contributed by atoms with Crippen LogP contribution in [0.4, 0.5) is 4.39 Å². The molecule has 0 aromatic heterocycles. The number of hydrogen-bond donors (Lipinski definition) is 0. The number of fused-ring (bicyclic) bond motifs is 1. The molecule has 2 fully saturated rings. The fourth-order valence-electron chi connectivity index (χ4n) is 6.11. The lowest BCUT2D eigenvalue weighted by Crippen LogP contribution is -3.00. The van der Waals surface area contributed by atoms with Crippen LogP contribution < -0.4 is 32.9 Å². The SMILES string of the molecule is O=C1C([P+](c2ccccc2)(c2ccccc2)c2ccccc2)OCC2CCCC(c3ccc(F)cc3)N12.[Br-]. The number of halogens is 2. The van der Waals surface area contributed by atoms with E-state index in [9.17, 15) is 9.18 Å². The monoisotopic (exact) mass is 589 g/mol. The number of hydrogen-bond acceptors (Lipinski definition) is 2. The Balaban J connectivity index is 0.00000294. The summed E-state index contributed by atoms with van der Waals surface area (Å²) in [6.07, 6.45) is 2.80. The molecule has 3 atom stereocenters. The molecular formula is C32H30BrFNO2P. The van der Waals surface area contributed by atoms with Crippen LogP contribution in [0.5, 0.6) is 0 Å². The van der Waals surface area contributed by atoms with E-state index in [0.717, 1.165) is 40.7 Å². The van der Waals surface area contributed by atoms with Gasteiger partial charge in [0.25, 0.3) is 11.8 Å². The predicted octanol–water partition coefficient (Wildman–Crippen LogP) is 2.60. The summed E-state index contributed by atoms with van der Waals surface area (Å²) in [5, 5.41) is 3.37. The minimum absolute atomic E-state index is 0. The molecule has 0 aliphatic carbocycles. The number of benzene rings is 4. The lowest BCUT2D eigenvalue weighted by atomic mass is 9.90. The number of carbonyl (C=O) groups excluding carboxylic acids is 1. The molecule has 2 aliphatic rings. The van der Waals surface area contributed by atoms with Crippen LogP contribution in [-0.2, 0) is 9.53 Å². The quantitative estimate of drug-likeness (QED) is 0.335. The van der Waals surface area contributed by atoms with E-state index >= 15 is 0 Å². The first-order chi connectivity index (χ1) is 18.2. The average molecular weight is 590 g/mol. The fourth-order valence-corrected chi connectivity index (χ4v) is 10.5. The number of rotatable bonds is 5. The molecule has 0 N–H and O–H groups in total. The summed E-state index contributed by atoms with van der Waals surface area (Å²) in [6.45, 7) is 0.502. The third kappa shape index (κ3) is 4.62. The molecule has 4 aromatic rings. The highest BCUT2D eigenvalue weighted by molar-refractivity contribution is 7.96. The number of amides is 1. The lowest BCUT2D eigenvalue weighted by Gasteiger charge is -2.48. The molecular weight excluding hydrogens is 560 g/mol. The maximum atomic E-state index is 14.7. The molecule has 0 bridgehead atoms. The Kier molecular flexibility index (Phi) is 8.09. The van der Waals surface area contributed by atoms with Gasteiger partial charge in [-0.15, -0.1) is 0 Å². The van der Waals surface area contributed by atoms with Crippen molar-refractivity contribution >= 4 is 29.1 Å². The van der Waals surface area contributed by atoms with Crippen LogP contribution in [0.25, 0.3) is 0 Å². The summed E-state index contributed by atoms with van der Waals surface area (Å²) in [5.41, 5.74) is 0.989. The lowest BCUT2D eigenvalue weighted by molar-refractivity contribution is -0.159. The standard InChI is InChI=1S/C32H30FNO2P.BrH/c33-25-21-19-24(20-22-25)30-18-10-11-26-23-36-32(31(35)34(26)30)37(27-12-4-1-5-13-27,28-14-6-2-7-15-28)29-16-8-3-9-17-29;/h1-9,12-17,19-22,26,30,32H,10-11,18,23H2;1H/q+1;/p-1. The van der Waals surface area contributed by atoms with Crippen LogP contribution in [-0.4, -0.2) is 29.3 Å². The zero-order chi connectivity index (χ0) is 25.2. The van der Waals surface area contributed by atoms with Crippen molar-refractivity contribution in [1.29, 1.82) is 0 Å². The van der Waals surface area contributed by atoms with Gasteiger partial charge < -0.3 is 26.6 Å². The van der Waals surface area contributed by atoms with E-state index in [0.29, 0.717) is 6.61 Å². The Hall–Kier alpha value is -2.85. The van der Waals surface area contributed by atoms with E-state index in [-0.39, 0.29) is 40.8 Å². The van der Waals surface area contributed by atoms with E-state index in [4.69, 9.17) is 4.74 Å². The molecule has 194 valence electrons. The van der Waals surface area contributed by atoms with Gasteiger partial charge in [0.2, 0.25) is 0 Å². The second-order valence-corrected chi connectivity index (χ2v) is 13.3. The molecule has 0 radical (unpaired) electrons. The summed E-state index contributed by atoms with van der Waals surface area (Å²) in [7, 11) is -2.55. The van der Waals surface area contributed by atoms with E-state index in [1.165, 1.54) is 12.1 Å². The number of nitrogens with zero attached hydrogens (tertiary/aromatic N) is 1. The number of piperidine rings is 1. The minimum Gasteiger partial charge on any atom is -1.00 e. The zero-order valence-corrected chi connectivity index (χ0v) is 23.5. The van der Waals surface area contributed by atoms with Crippen molar-refractivity contribution in [3.63, 3.8) is 0 Å². The summed E-state index contributed by atoms with van der Waals surface area (Å²) < 4.78 is 20.4. The van der Waals surface area contributed by atoms with Gasteiger partial charge in [-0.05, 0) is 73.4 Å². The molecule has 1 amide bonds. The first-order valence-corrected chi connectivity index (χ1v) is 14.8. The maximum absolute atomic E-state index is 14.7. The van der Waals surface area contributed by atoms with Crippen molar-refractivity contribution in [2.45, 2.75) is 37.2 Å². The Morgan fingerprint density at radius 3 is 1.71 bits per heavy atom. The van der Waals surface area contributed by atoms with Gasteiger partial charge in [0, 0.05) is 0 Å². The highest BCUT2D eigenvalue weighted by atomic mass is 79.9. The molecule has 0 spiro atoms. The molecule has 2 heterocycles. The van der Waals surface area contributed by atoms with Gasteiger partial charge in [0.1, 0.15) is 21.7 Å². The van der Waals surface area contributed by atoms with Crippen LogP contribution in [0, 0.1) is 5.82 Å². The molecule has 4 aromatic carbocycles. The van der Waals surface area contributed by atoms with Crippen molar-refractivity contribution in [2.75, 3.05) is 6.61 Å². The molecule has 6 heteroatoms. The van der Waals surface area contributed by atoms with Gasteiger partial charge in [0.15, 0.2) is 7.26 Å². The minimum atomic E-state index is -2.55. The molecule has 3 unspecified atom stereocenters. The normalized spacial score (nSPS) is 21.3. The number of morpholine rings is 1. The Morgan fingerprint density at radius 1 is 0.711 bits per heavy atom. The topological polar surface area (TPSA) is 29.5 Å². The van der Waals surface area contributed by atoms with E-state index in [1.807, 2.05) is 66.7 Å². The largest absolute Gasteiger partial charge is 1.00 e. The van der Waals surface area contributed by atoms with Crippen molar-refractivity contribution in [3.05, 3.63) is 127 Å². The third-order valence-corrected chi connectivity index (χ3v) is 12.2. The summed E-state index contributed by atoms with van der Waals surface area (Å²) >= 11 is 0. The first kappa shape index (κ1) is 26.7. The molecule has 38 heavy (non-hydrogen) atoms. The zero-order valence-electron chi connectivity index (χ0n) is 21.0. The molecule has 0 saturated carbocycles. The van der Waals surface area contributed by atoms with Crippen molar-refractivity contribution in [1.82, 2.24) is 4.90 Å². The van der Waals surface area contributed by atoms with Gasteiger partial charge >= 0.3 is 0 Å². The van der Waals surface area contributed by atoms with Crippen LogP contribution in [0.1, 0.15) is 30.9 Å². The average Bonchev–Trinajstić information content (AvgIpc) is 2.96. The second-order valence-electron chi connectivity index (χ2n) is 9.81. The van der Waals surface area contributed by atoms with Crippen LogP contribution in [0.2, 0.25) is 0 Å². The summed E-state index contributed by atoms with van der Waals surface area (Å²) in [5.74, 6) is -0.864. The Labute approximate surface area is 234 Å². The molecule has 2 aliphatic heterocycles. The van der Waals surface area contributed by atoms with Crippen LogP contribution in [0.15, 0.2) is 115 Å². The van der Waals surface area contributed by atoms with Crippen molar-refractivity contribution in [3.8, 4) is 0 Å². The van der Waals surface area contributed by atoms with Crippen LogP contribution in [0.3, 0.4) is 0 Å². The molecule has 2 saturated heterocycles. The van der Waals surface area contributed by atoms with Gasteiger partial charge in [-0.25, -0.2) is 4.39 Å². The summed E-state index contributed by atoms with van der Waals surface area (Å²) in [4.78, 5) is 16.8. The third-order valence-electron chi connectivity index (χ3n) is 7.75. The Morgan fingerprint density at radius 2 is 1.21 bits per heavy atom. The first-order valence-electron chi connectivity index (χ1n) is 12.9. The van der Waals surface area contributed by atoms with Gasteiger partial charge in [-0.2, -0.15) is 0 Å². The number of ether oxygens (including phenoxy) is 1. The highest BCUT2D eigenvalue weighted by Crippen LogP contribution is 2.62. The van der Waals surface area contributed by atoms with E-state index < -0.39 is 13.1 Å². The number of carbonyl (C=O) groups is 1. The maximum Gasteiger partial charge on any atom is 0.293 e. The second kappa shape index (κ2) is 11.5. The predicted molar refractivity (Wildman–Crippen MR) is 149 cm³/mol. The van der Waals surface area contributed by atoms with Crippen molar-refractivity contribution in [2.24, 2.45) is 0 Å². The smallest absolute Gasteiger partial charge is 0.293 e. The highest BCUT2D eigenvalue weighted by Gasteiger charge is 2.61. The van der Waals surface area contributed by atoms with E-state index in [1.54, 1.807) is 0 Å². The van der Waals surface area contributed by atoms with Gasteiger partial charge in [-0.3, -0.25) is 4.79 Å². The van der Waals surface area contributed by atoms with Crippen molar-refractivity contribution < 1.29 is 30.9 Å². The van der Waals surface area contributed by atoms with Crippen LogP contribution >= 0.6 is 7.26 Å². The van der Waals surface area contributed by atoms with E-state index in [2.05, 4.69) is 41.3 Å². The fraction of sp³-hybridized carbons (Fsp3) is 0.219.